The summed E-state index contributed by atoms with van der Waals surface area (Å²) in [5.41, 5.74) is 6.81. The zero-order valence-corrected chi connectivity index (χ0v) is 20.7. The van der Waals surface area contributed by atoms with Crippen molar-refractivity contribution in [3.63, 3.8) is 0 Å². The van der Waals surface area contributed by atoms with Crippen molar-refractivity contribution in [1.82, 2.24) is 5.43 Å². The average molecular weight is 499 g/mol. The van der Waals surface area contributed by atoms with Crippen LogP contribution in [0.1, 0.15) is 44.5 Å². The van der Waals surface area contributed by atoms with Gasteiger partial charge in [0.15, 0.2) is 0 Å². The summed E-state index contributed by atoms with van der Waals surface area (Å²) in [5, 5.41) is 4.00. The first-order valence-electron chi connectivity index (χ1n) is 11.5. The fourth-order valence-corrected chi connectivity index (χ4v) is 4.35. The third-order valence-electron chi connectivity index (χ3n) is 5.26. The maximum absolute atomic E-state index is 12.4. The van der Waals surface area contributed by atoms with E-state index in [1.54, 1.807) is 55.5 Å². The molecule has 4 aromatic rings. The number of amides is 1. The highest BCUT2D eigenvalue weighted by Gasteiger charge is 2.09. The van der Waals surface area contributed by atoms with Crippen LogP contribution in [0, 0.1) is 0 Å². The fourth-order valence-electron chi connectivity index (χ4n) is 3.39. The Balaban J connectivity index is 1.26. The predicted octanol–water partition coefficient (Wildman–Crippen LogP) is 6.32. The molecule has 6 nitrogen and oxygen atoms in total. The van der Waals surface area contributed by atoms with E-state index in [0.717, 1.165) is 22.6 Å². The summed E-state index contributed by atoms with van der Waals surface area (Å²) in [7, 11) is 0. The third kappa shape index (κ3) is 6.96. The molecule has 0 unspecified atom stereocenters. The van der Waals surface area contributed by atoms with Gasteiger partial charge in [-0.3, -0.25) is 4.79 Å². The lowest BCUT2D eigenvalue weighted by Crippen LogP contribution is -2.17. The molecule has 4 rings (SSSR count). The Morgan fingerprint density at radius 3 is 2.22 bits per heavy atom. The molecular formula is C29H26N2O4S. The number of nitrogens with one attached hydrogen (secondary N) is 1. The molecule has 1 N–H and O–H groups in total. The van der Waals surface area contributed by atoms with Gasteiger partial charge in [0.05, 0.1) is 18.4 Å². The van der Waals surface area contributed by atoms with Gasteiger partial charge in [-0.2, -0.15) is 16.9 Å². The minimum absolute atomic E-state index is 0.295. The van der Waals surface area contributed by atoms with Crippen LogP contribution in [0.5, 0.6) is 0 Å². The van der Waals surface area contributed by atoms with Gasteiger partial charge in [0.2, 0.25) is 0 Å². The number of carbonyl (C=O) groups is 2. The number of carbonyl (C=O) groups excluding carboxylic acids is 2. The molecule has 0 saturated carbocycles. The second kappa shape index (κ2) is 12.6. The highest BCUT2D eigenvalue weighted by Crippen LogP contribution is 2.22. The van der Waals surface area contributed by atoms with Gasteiger partial charge < -0.3 is 9.15 Å². The van der Waals surface area contributed by atoms with Gasteiger partial charge in [-0.05, 0) is 54.4 Å². The molecule has 0 aliphatic heterocycles. The quantitative estimate of drug-likeness (QED) is 0.157. The Labute approximate surface area is 214 Å². The van der Waals surface area contributed by atoms with Gasteiger partial charge in [0.1, 0.15) is 11.5 Å². The summed E-state index contributed by atoms with van der Waals surface area (Å²) < 4.78 is 10.8. The number of hydrogen-bond acceptors (Lipinski definition) is 6. The van der Waals surface area contributed by atoms with Crippen LogP contribution in [-0.2, 0) is 16.2 Å². The maximum atomic E-state index is 12.4. The molecule has 0 atom stereocenters. The molecule has 1 heterocycles. The molecule has 0 aliphatic rings. The second-order valence-corrected chi connectivity index (χ2v) is 8.86. The van der Waals surface area contributed by atoms with Crippen molar-refractivity contribution in [2.24, 2.45) is 5.10 Å². The normalized spacial score (nSPS) is 10.9. The molecule has 0 aliphatic carbocycles. The van der Waals surface area contributed by atoms with Crippen molar-refractivity contribution in [1.29, 1.82) is 0 Å². The van der Waals surface area contributed by atoms with Gasteiger partial charge in [-0.1, -0.05) is 54.6 Å². The smallest absolute Gasteiger partial charge is 0.338 e. The van der Waals surface area contributed by atoms with Gasteiger partial charge >= 0.3 is 5.97 Å². The van der Waals surface area contributed by atoms with E-state index in [1.165, 1.54) is 11.8 Å². The number of rotatable bonds is 10. The van der Waals surface area contributed by atoms with Gasteiger partial charge in [-0.25, -0.2) is 10.2 Å². The van der Waals surface area contributed by atoms with Gasteiger partial charge in [0, 0.05) is 22.6 Å². The summed E-state index contributed by atoms with van der Waals surface area (Å²) in [6, 6.07) is 28.4. The number of hydrogen-bond donors (Lipinski definition) is 1. The van der Waals surface area contributed by atoms with Gasteiger partial charge in [0.25, 0.3) is 5.91 Å². The van der Waals surface area contributed by atoms with E-state index in [4.69, 9.17) is 9.15 Å². The van der Waals surface area contributed by atoms with Crippen molar-refractivity contribution in [2.45, 2.75) is 18.4 Å². The lowest BCUT2D eigenvalue weighted by molar-refractivity contribution is 0.0526. The Morgan fingerprint density at radius 1 is 0.861 bits per heavy atom. The minimum Gasteiger partial charge on any atom is -0.462 e. The van der Waals surface area contributed by atoms with Crippen LogP contribution in [0.3, 0.4) is 0 Å². The number of esters is 1. The van der Waals surface area contributed by atoms with Crippen LogP contribution in [0.25, 0.3) is 11.3 Å². The lowest BCUT2D eigenvalue weighted by Gasteiger charge is -2.04. The molecule has 0 saturated heterocycles. The first-order valence-corrected chi connectivity index (χ1v) is 12.7. The average Bonchev–Trinajstić information content (AvgIpc) is 3.39. The van der Waals surface area contributed by atoms with Crippen LogP contribution in [0.2, 0.25) is 0 Å². The van der Waals surface area contributed by atoms with Crippen molar-refractivity contribution in [3.8, 4) is 11.3 Å². The van der Waals surface area contributed by atoms with Crippen LogP contribution >= 0.6 is 11.8 Å². The zero-order chi connectivity index (χ0) is 25.2. The van der Waals surface area contributed by atoms with E-state index in [0.29, 0.717) is 29.3 Å². The first-order chi connectivity index (χ1) is 17.6. The molecule has 0 spiro atoms. The molecule has 182 valence electrons. The number of furan rings is 1. The summed E-state index contributed by atoms with van der Waals surface area (Å²) in [5.74, 6) is 2.29. The summed E-state index contributed by atoms with van der Waals surface area (Å²) in [6.07, 6.45) is 1.45. The minimum atomic E-state index is -0.358. The molecule has 0 bridgehead atoms. The molecular weight excluding hydrogens is 472 g/mol. The molecule has 3 aromatic carbocycles. The van der Waals surface area contributed by atoms with E-state index < -0.39 is 0 Å². The predicted molar refractivity (Wildman–Crippen MR) is 143 cm³/mol. The number of hydrazone groups is 1. The highest BCUT2D eigenvalue weighted by atomic mass is 32.2. The molecule has 0 radical (unpaired) electrons. The standard InChI is InChI=1S/C29H26N2O4S/c1-2-34-29(33)25-14-12-23(13-15-25)27-17-16-26(35-27)18-30-31-28(32)24-10-8-22(9-11-24)20-36-19-21-6-4-3-5-7-21/h3-18H,2,19-20H2,1H3,(H,31,32)/b30-18-. The number of ether oxygens (including phenoxy) is 1. The summed E-state index contributed by atoms with van der Waals surface area (Å²) >= 11 is 1.83. The second-order valence-electron chi connectivity index (χ2n) is 7.87. The van der Waals surface area contributed by atoms with E-state index in [2.05, 4.69) is 22.7 Å². The number of thioether (sulfide) groups is 1. The third-order valence-corrected chi connectivity index (χ3v) is 6.34. The van der Waals surface area contributed by atoms with Crippen molar-refractivity contribution in [2.75, 3.05) is 6.61 Å². The fraction of sp³-hybridized carbons (Fsp3) is 0.138. The van der Waals surface area contributed by atoms with E-state index >= 15 is 0 Å². The van der Waals surface area contributed by atoms with E-state index in [1.807, 2.05) is 42.1 Å². The van der Waals surface area contributed by atoms with Crippen molar-refractivity contribution >= 4 is 29.9 Å². The largest absolute Gasteiger partial charge is 0.462 e. The number of nitrogens with zero attached hydrogens (tertiary/aromatic N) is 1. The number of benzene rings is 3. The molecule has 1 amide bonds. The van der Waals surface area contributed by atoms with Gasteiger partial charge in [-0.15, -0.1) is 0 Å². The lowest BCUT2D eigenvalue weighted by atomic mass is 10.1. The van der Waals surface area contributed by atoms with E-state index in [9.17, 15) is 9.59 Å². The molecule has 1 aromatic heterocycles. The Hall–Kier alpha value is -4.10. The molecule has 36 heavy (non-hydrogen) atoms. The van der Waals surface area contributed by atoms with Crippen LogP contribution < -0.4 is 5.43 Å². The summed E-state index contributed by atoms with van der Waals surface area (Å²) in [4.78, 5) is 24.2. The molecule has 7 heteroatoms. The van der Waals surface area contributed by atoms with Crippen molar-refractivity contribution < 1.29 is 18.7 Å². The van der Waals surface area contributed by atoms with E-state index in [-0.39, 0.29) is 11.9 Å². The zero-order valence-electron chi connectivity index (χ0n) is 19.8. The Bertz CT molecular complexity index is 1310. The monoisotopic (exact) mass is 498 g/mol. The Morgan fingerprint density at radius 2 is 1.53 bits per heavy atom. The van der Waals surface area contributed by atoms with Crippen LogP contribution in [0.4, 0.5) is 0 Å². The maximum Gasteiger partial charge on any atom is 0.338 e. The Kier molecular flexibility index (Phi) is 8.72. The summed E-state index contributed by atoms with van der Waals surface area (Å²) in [6.45, 7) is 2.10. The first kappa shape index (κ1) is 25.0. The molecule has 0 fully saturated rings. The SMILES string of the molecule is CCOC(=O)c1ccc(-c2ccc(/C=N\NC(=O)c3ccc(CSCc4ccccc4)cc3)o2)cc1. The van der Waals surface area contributed by atoms with Crippen LogP contribution in [0.15, 0.2) is 101 Å². The highest BCUT2D eigenvalue weighted by molar-refractivity contribution is 7.97. The topological polar surface area (TPSA) is 80.9 Å². The van der Waals surface area contributed by atoms with Crippen LogP contribution in [-0.4, -0.2) is 24.7 Å². The van der Waals surface area contributed by atoms with Crippen molar-refractivity contribution in [3.05, 3.63) is 119 Å².